The molecule has 1 aliphatic heterocycles. The Balaban J connectivity index is 1.91. The Morgan fingerprint density at radius 1 is 1.40 bits per heavy atom. The number of furan rings is 1. The Labute approximate surface area is 118 Å². The average molecular weight is 273 g/mol. The summed E-state index contributed by atoms with van der Waals surface area (Å²) >= 11 is 0. The third-order valence-corrected chi connectivity index (χ3v) is 4.42. The SMILES string of the molecule is CC1(C(=O)O)CCCCN1Cc1coc2ccccc12. The van der Waals surface area contributed by atoms with E-state index in [4.69, 9.17) is 4.42 Å². The normalized spacial score (nSPS) is 24.1. The van der Waals surface area contributed by atoms with E-state index in [-0.39, 0.29) is 0 Å². The fourth-order valence-corrected chi connectivity index (χ4v) is 3.03. The molecule has 0 bridgehead atoms. The van der Waals surface area contributed by atoms with Gasteiger partial charge in [0.1, 0.15) is 11.1 Å². The molecular formula is C16H19NO3. The predicted octanol–water partition coefficient (Wildman–Crippen LogP) is 3.26. The number of carboxylic acid groups (broad SMARTS) is 1. The summed E-state index contributed by atoms with van der Waals surface area (Å²) in [5, 5.41) is 10.6. The van der Waals surface area contributed by atoms with Crippen LogP contribution in [0.4, 0.5) is 0 Å². The van der Waals surface area contributed by atoms with Crippen LogP contribution in [0, 0.1) is 0 Å². The zero-order valence-electron chi connectivity index (χ0n) is 11.6. The van der Waals surface area contributed by atoms with E-state index in [0.29, 0.717) is 13.0 Å². The number of carboxylic acids is 1. The van der Waals surface area contributed by atoms with E-state index >= 15 is 0 Å². The van der Waals surface area contributed by atoms with Crippen LogP contribution in [0.25, 0.3) is 11.0 Å². The van der Waals surface area contributed by atoms with Crippen molar-refractivity contribution in [2.45, 2.75) is 38.3 Å². The van der Waals surface area contributed by atoms with Gasteiger partial charge < -0.3 is 9.52 Å². The van der Waals surface area contributed by atoms with Crippen LogP contribution in [-0.4, -0.2) is 28.1 Å². The lowest BCUT2D eigenvalue weighted by Crippen LogP contribution is -2.54. The van der Waals surface area contributed by atoms with Crippen LogP contribution >= 0.6 is 0 Å². The van der Waals surface area contributed by atoms with Crippen LogP contribution in [-0.2, 0) is 11.3 Å². The first-order valence-electron chi connectivity index (χ1n) is 7.05. The molecule has 20 heavy (non-hydrogen) atoms. The van der Waals surface area contributed by atoms with Gasteiger partial charge in [-0.2, -0.15) is 0 Å². The van der Waals surface area contributed by atoms with Crippen LogP contribution in [0.15, 0.2) is 34.9 Å². The molecule has 1 atom stereocenters. The van der Waals surface area contributed by atoms with Gasteiger partial charge in [0.2, 0.25) is 0 Å². The highest BCUT2D eigenvalue weighted by Gasteiger charge is 2.41. The van der Waals surface area contributed by atoms with Crippen molar-refractivity contribution in [2.24, 2.45) is 0 Å². The van der Waals surface area contributed by atoms with E-state index in [1.54, 1.807) is 6.26 Å². The van der Waals surface area contributed by atoms with E-state index < -0.39 is 11.5 Å². The molecule has 2 aromatic rings. The van der Waals surface area contributed by atoms with Gasteiger partial charge in [0.25, 0.3) is 0 Å². The Hall–Kier alpha value is -1.81. The molecule has 3 rings (SSSR count). The number of carbonyl (C=O) groups is 1. The summed E-state index contributed by atoms with van der Waals surface area (Å²) in [4.78, 5) is 13.7. The maximum Gasteiger partial charge on any atom is 0.323 e. The number of hydrogen-bond acceptors (Lipinski definition) is 3. The molecule has 2 heterocycles. The molecule has 0 aliphatic carbocycles. The van der Waals surface area contributed by atoms with Crippen LogP contribution in [0.2, 0.25) is 0 Å². The standard InChI is InChI=1S/C16H19NO3/c1-16(15(18)19)8-4-5-9-17(16)10-12-11-20-14-7-3-2-6-13(12)14/h2-3,6-7,11H,4-5,8-10H2,1H3,(H,18,19). The van der Waals surface area contributed by atoms with Crippen molar-refractivity contribution in [2.75, 3.05) is 6.54 Å². The minimum Gasteiger partial charge on any atom is -0.480 e. The van der Waals surface area contributed by atoms with Crippen LogP contribution < -0.4 is 0 Å². The lowest BCUT2D eigenvalue weighted by Gasteiger charge is -2.41. The van der Waals surface area contributed by atoms with Crippen molar-refractivity contribution in [3.8, 4) is 0 Å². The third kappa shape index (κ3) is 2.10. The molecule has 1 aromatic heterocycles. The fraction of sp³-hybridized carbons (Fsp3) is 0.438. The number of fused-ring (bicyclic) bond motifs is 1. The average Bonchev–Trinajstić information content (AvgIpc) is 2.85. The molecule has 4 heteroatoms. The molecule has 1 saturated heterocycles. The zero-order chi connectivity index (χ0) is 14.2. The van der Waals surface area contributed by atoms with Crippen LogP contribution in [0.5, 0.6) is 0 Å². The fourth-order valence-electron chi connectivity index (χ4n) is 3.03. The van der Waals surface area contributed by atoms with Gasteiger partial charge in [-0.05, 0) is 38.8 Å². The number of nitrogens with zero attached hydrogens (tertiary/aromatic N) is 1. The zero-order valence-corrected chi connectivity index (χ0v) is 11.6. The van der Waals surface area contributed by atoms with Gasteiger partial charge in [0, 0.05) is 17.5 Å². The lowest BCUT2D eigenvalue weighted by atomic mass is 9.88. The molecule has 0 radical (unpaired) electrons. The largest absolute Gasteiger partial charge is 0.480 e. The molecule has 1 N–H and O–H groups in total. The Kier molecular flexibility index (Phi) is 3.26. The minimum atomic E-state index is -0.767. The molecular weight excluding hydrogens is 254 g/mol. The number of likely N-dealkylation sites (tertiary alicyclic amines) is 1. The molecule has 106 valence electrons. The number of para-hydroxylation sites is 1. The summed E-state index contributed by atoms with van der Waals surface area (Å²) in [6.07, 6.45) is 4.49. The summed E-state index contributed by atoms with van der Waals surface area (Å²) in [6, 6.07) is 7.88. The summed E-state index contributed by atoms with van der Waals surface area (Å²) in [5.74, 6) is -0.731. The minimum absolute atomic E-state index is 0.625. The second kappa shape index (κ2) is 4.94. The Morgan fingerprint density at radius 2 is 2.20 bits per heavy atom. The van der Waals surface area contributed by atoms with Gasteiger partial charge in [-0.3, -0.25) is 9.69 Å². The van der Waals surface area contributed by atoms with Gasteiger partial charge in [-0.15, -0.1) is 0 Å². The second-order valence-corrected chi connectivity index (χ2v) is 5.71. The summed E-state index contributed by atoms with van der Waals surface area (Å²) in [5.41, 5.74) is 1.16. The monoisotopic (exact) mass is 273 g/mol. The highest BCUT2D eigenvalue weighted by molar-refractivity contribution is 5.81. The van der Waals surface area contributed by atoms with Crippen molar-refractivity contribution in [3.63, 3.8) is 0 Å². The predicted molar refractivity (Wildman–Crippen MR) is 76.5 cm³/mol. The number of rotatable bonds is 3. The number of hydrogen-bond donors (Lipinski definition) is 1. The Morgan fingerprint density at radius 3 is 3.00 bits per heavy atom. The van der Waals surface area contributed by atoms with Crippen LogP contribution in [0.3, 0.4) is 0 Å². The van der Waals surface area contributed by atoms with E-state index in [1.165, 1.54) is 0 Å². The van der Waals surface area contributed by atoms with Crippen molar-refractivity contribution in [1.82, 2.24) is 4.90 Å². The molecule has 4 nitrogen and oxygen atoms in total. The first-order valence-corrected chi connectivity index (χ1v) is 7.05. The van der Waals surface area contributed by atoms with E-state index in [1.807, 2.05) is 31.2 Å². The first kappa shape index (κ1) is 13.2. The van der Waals surface area contributed by atoms with Gasteiger partial charge >= 0.3 is 5.97 Å². The van der Waals surface area contributed by atoms with Gasteiger partial charge in [0.05, 0.1) is 6.26 Å². The maximum absolute atomic E-state index is 11.6. The molecule has 0 amide bonds. The van der Waals surface area contributed by atoms with E-state index in [2.05, 4.69) is 4.90 Å². The quantitative estimate of drug-likeness (QED) is 0.932. The molecule has 0 saturated carbocycles. The summed E-state index contributed by atoms with van der Waals surface area (Å²) in [6.45, 7) is 3.28. The topological polar surface area (TPSA) is 53.7 Å². The number of aliphatic carboxylic acids is 1. The van der Waals surface area contributed by atoms with Crippen molar-refractivity contribution in [1.29, 1.82) is 0 Å². The van der Waals surface area contributed by atoms with Crippen molar-refractivity contribution < 1.29 is 14.3 Å². The summed E-state index contributed by atoms with van der Waals surface area (Å²) in [7, 11) is 0. The highest BCUT2D eigenvalue weighted by atomic mass is 16.4. The Bertz CT molecular complexity index is 633. The molecule has 0 spiro atoms. The second-order valence-electron chi connectivity index (χ2n) is 5.71. The van der Waals surface area contributed by atoms with Crippen LogP contribution in [0.1, 0.15) is 31.7 Å². The summed E-state index contributed by atoms with van der Waals surface area (Å²) < 4.78 is 5.55. The first-order chi connectivity index (χ1) is 9.61. The third-order valence-electron chi connectivity index (χ3n) is 4.42. The smallest absolute Gasteiger partial charge is 0.323 e. The van der Waals surface area contributed by atoms with Crippen molar-refractivity contribution >= 4 is 16.9 Å². The van der Waals surface area contributed by atoms with E-state index in [9.17, 15) is 9.90 Å². The molecule has 1 aliphatic rings. The molecule has 1 aromatic carbocycles. The number of piperidine rings is 1. The number of benzene rings is 1. The van der Waals surface area contributed by atoms with E-state index in [0.717, 1.165) is 35.9 Å². The molecule has 1 unspecified atom stereocenters. The maximum atomic E-state index is 11.6. The van der Waals surface area contributed by atoms with Gasteiger partial charge in [-0.1, -0.05) is 18.2 Å². The van der Waals surface area contributed by atoms with Gasteiger partial charge in [-0.25, -0.2) is 0 Å². The lowest BCUT2D eigenvalue weighted by molar-refractivity contribution is -0.153. The van der Waals surface area contributed by atoms with Crippen molar-refractivity contribution in [3.05, 3.63) is 36.1 Å². The molecule has 1 fully saturated rings. The highest BCUT2D eigenvalue weighted by Crippen LogP contribution is 2.31. The van der Waals surface area contributed by atoms with Gasteiger partial charge in [0.15, 0.2) is 0 Å².